The van der Waals surface area contributed by atoms with Crippen LogP contribution in [0, 0.1) is 11.6 Å². The summed E-state index contributed by atoms with van der Waals surface area (Å²) in [5.41, 5.74) is -4.24. The van der Waals surface area contributed by atoms with E-state index in [2.05, 4.69) is 10.3 Å². The van der Waals surface area contributed by atoms with Crippen LogP contribution in [0.3, 0.4) is 0 Å². The topological polar surface area (TPSA) is 60.9 Å². The molecular formula is C20H8Cl2F5N3O2. The largest absolute Gasteiger partial charge is 0.434 e. The normalized spacial score (nSPS) is 11.7. The third kappa shape index (κ3) is 3.65. The maximum atomic E-state index is 14.4. The van der Waals surface area contributed by atoms with Crippen molar-refractivity contribution >= 4 is 28.4 Å². The van der Waals surface area contributed by atoms with Gasteiger partial charge in [-0.15, -0.1) is 0 Å². The van der Waals surface area contributed by atoms with Crippen LogP contribution in [0.25, 0.3) is 28.3 Å². The van der Waals surface area contributed by atoms with Crippen molar-refractivity contribution in [3.05, 3.63) is 76.6 Å². The number of para-hydroxylation sites is 1. The summed E-state index contributed by atoms with van der Waals surface area (Å²) < 4.78 is 75.8. The van der Waals surface area contributed by atoms with Gasteiger partial charge in [-0.2, -0.15) is 18.3 Å². The van der Waals surface area contributed by atoms with Gasteiger partial charge in [0.1, 0.15) is 28.6 Å². The molecule has 0 aliphatic rings. The Morgan fingerprint density at radius 3 is 2.34 bits per heavy atom. The van der Waals surface area contributed by atoms with Crippen LogP contribution in [0.1, 0.15) is 16.1 Å². The van der Waals surface area contributed by atoms with Gasteiger partial charge >= 0.3 is 6.18 Å². The molecule has 32 heavy (non-hydrogen) atoms. The molecule has 0 fully saturated rings. The molecule has 0 bridgehead atoms. The quantitative estimate of drug-likeness (QED) is 0.242. The van der Waals surface area contributed by atoms with E-state index < -0.39 is 57.0 Å². The van der Waals surface area contributed by atoms with Crippen molar-refractivity contribution in [2.45, 2.75) is 6.18 Å². The van der Waals surface area contributed by atoms with Gasteiger partial charge in [0.15, 0.2) is 11.5 Å². The van der Waals surface area contributed by atoms with Crippen LogP contribution in [0.4, 0.5) is 22.0 Å². The minimum atomic E-state index is -5.07. The summed E-state index contributed by atoms with van der Waals surface area (Å²) in [6, 6.07) is 8.23. The van der Waals surface area contributed by atoms with E-state index in [1.807, 2.05) is 0 Å². The highest BCUT2D eigenvalue weighted by Crippen LogP contribution is 2.43. The zero-order valence-electron chi connectivity index (χ0n) is 15.4. The van der Waals surface area contributed by atoms with Gasteiger partial charge in [0.2, 0.25) is 0 Å². The van der Waals surface area contributed by atoms with Gasteiger partial charge in [-0.1, -0.05) is 35.0 Å². The molecule has 0 N–H and O–H groups in total. The van der Waals surface area contributed by atoms with E-state index in [0.717, 1.165) is 18.2 Å². The molecule has 2 aromatic heterocycles. The predicted molar refractivity (Wildman–Crippen MR) is 105 cm³/mol. The van der Waals surface area contributed by atoms with Crippen LogP contribution in [0.15, 0.2) is 53.2 Å². The smallest absolute Gasteiger partial charge is 0.355 e. The average Bonchev–Trinajstić information content (AvgIpc) is 3.32. The summed E-state index contributed by atoms with van der Waals surface area (Å²) in [4.78, 5) is 12.1. The lowest BCUT2D eigenvalue weighted by molar-refractivity contribution is -0.142. The first-order valence-corrected chi connectivity index (χ1v) is 9.41. The molecule has 2 aromatic carbocycles. The zero-order chi connectivity index (χ0) is 23.2. The molecule has 4 rings (SSSR count). The molecule has 0 amide bonds. The second-order valence-electron chi connectivity index (χ2n) is 6.37. The monoisotopic (exact) mass is 487 g/mol. The highest BCUT2D eigenvalue weighted by Gasteiger charge is 2.42. The summed E-state index contributed by atoms with van der Waals surface area (Å²) in [6.45, 7) is 0. The Hall–Kier alpha value is -3.24. The van der Waals surface area contributed by atoms with Crippen molar-refractivity contribution in [2.75, 3.05) is 0 Å². The third-order valence-corrected chi connectivity index (χ3v) is 4.96. The lowest BCUT2D eigenvalue weighted by Gasteiger charge is -2.12. The summed E-state index contributed by atoms with van der Waals surface area (Å²) in [5, 5.41) is 5.71. The molecule has 0 atom stereocenters. The van der Waals surface area contributed by atoms with Gasteiger partial charge < -0.3 is 4.52 Å². The second kappa shape index (κ2) is 8.03. The second-order valence-corrected chi connectivity index (χ2v) is 7.12. The number of hydrogen-bond donors (Lipinski definition) is 0. The molecule has 164 valence electrons. The Morgan fingerprint density at radius 2 is 1.72 bits per heavy atom. The van der Waals surface area contributed by atoms with Crippen molar-refractivity contribution in [2.24, 2.45) is 0 Å². The third-order valence-electron chi connectivity index (χ3n) is 4.45. The van der Waals surface area contributed by atoms with Crippen molar-refractivity contribution in [3.8, 4) is 28.3 Å². The van der Waals surface area contributed by atoms with E-state index in [0.29, 0.717) is 10.9 Å². The van der Waals surface area contributed by atoms with Gasteiger partial charge in [-0.3, -0.25) is 4.79 Å². The number of benzene rings is 2. The fourth-order valence-electron chi connectivity index (χ4n) is 3.14. The molecule has 2 heterocycles. The van der Waals surface area contributed by atoms with E-state index in [1.165, 1.54) is 24.3 Å². The Bertz CT molecular complexity index is 1330. The van der Waals surface area contributed by atoms with E-state index in [1.54, 1.807) is 0 Å². The summed E-state index contributed by atoms with van der Waals surface area (Å²) in [7, 11) is 0. The maximum absolute atomic E-state index is 14.4. The maximum Gasteiger partial charge on any atom is 0.434 e. The fraction of sp³-hybridized carbons (Fsp3) is 0.0500. The van der Waals surface area contributed by atoms with Crippen LogP contribution in [-0.4, -0.2) is 20.2 Å². The Balaban J connectivity index is 2.01. The van der Waals surface area contributed by atoms with Gasteiger partial charge in [0.25, 0.3) is 5.24 Å². The Morgan fingerprint density at radius 1 is 1.03 bits per heavy atom. The van der Waals surface area contributed by atoms with Crippen molar-refractivity contribution in [1.82, 2.24) is 14.9 Å². The van der Waals surface area contributed by atoms with Crippen molar-refractivity contribution in [3.63, 3.8) is 0 Å². The number of nitrogens with zero attached hydrogens (tertiary/aromatic N) is 3. The average molecular weight is 488 g/mol. The van der Waals surface area contributed by atoms with Gasteiger partial charge in [-0.05, 0) is 35.9 Å². The number of carbonyl (C=O) groups excluding carboxylic acids is 1. The summed E-state index contributed by atoms with van der Waals surface area (Å²) in [6.07, 6.45) is -4.35. The molecular weight excluding hydrogens is 480 g/mol. The minimum Gasteiger partial charge on any atom is -0.355 e. The predicted octanol–water partition coefficient (Wildman–Crippen LogP) is 6.52. The first-order chi connectivity index (χ1) is 15.1. The van der Waals surface area contributed by atoms with Crippen molar-refractivity contribution in [1.29, 1.82) is 0 Å². The molecule has 0 saturated heterocycles. The van der Waals surface area contributed by atoms with E-state index >= 15 is 0 Å². The molecule has 0 aliphatic carbocycles. The Kier molecular flexibility index (Phi) is 5.51. The van der Waals surface area contributed by atoms with Crippen LogP contribution >= 0.6 is 23.2 Å². The van der Waals surface area contributed by atoms with Crippen molar-refractivity contribution < 1.29 is 31.3 Å². The summed E-state index contributed by atoms with van der Waals surface area (Å²) in [5.74, 6) is -2.61. The molecule has 0 unspecified atom stereocenters. The van der Waals surface area contributed by atoms with Gasteiger partial charge in [0.05, 0.1) is 22.3 Å². The molecule has 0 spiro atoms. The van der Waals surface area contributed by atoms with Crippen LogP contribution in [0.2, 0.25) is 5.02 Å². The van der Waals surface area contributed by atoms with Gasteiger partial charge in [0, 0.05) is 0 Å². The number of rotatable bonds is 4. The molecule has 0 saturated carbocycles. The molecule has 0 aliphatic heterocycles. The van der Waals surface area contributed by atoms with E-state index in [-0.39, 0.29) is 10.6 Å². The SMILES string of the molecule is O=C(Cl)c1c(-c2c(F)cccc2Cl)noc1-c1cnn(-c2ccccc2F)c1C(F)(F)F. The highest BCUT2D eigenvalue weighted by molar-refractivity contribution is 6.68. The Labute approximate surface area is 186 Å². The zero-order valence-corrected chi connectivity index (χ0v) is 16.9. The molecule has 0 radical (unpaired) electrons. The van der Waals surface area contributed by atoms with Crippen LogP contribution in [0.5, 0.6) is 0 Å². The van der Waals surface area contributed by atoms with Crippen LogP contribution in [-0.2, 0) is 6.18 Å². The van der Waals surface area contributed by atoms with Gasteiger partial charge in [-0.25, -0.2) is 13.5 Å². The number of aromatic nitrogens is 3. The lowest BCUT2D eigenvalue weighted by atomic mass is 10.0. The first-order valence-electron chi connectivity index (χ1n) is 8.65. The molecule has 4 aromatic rings. The summed E-state index contributed by atoms with van der Waals surface area (Å²) >= 11 is 11.6. The minimum absolute atomic E-state index is 0.179. The number of carbonyl (C=O) groups is 1. The first kappa shape index (κ1) is 22.0. The molecule has 12 heteroatoms. The van der Waals surface area contributed by atoms with Crippen LogP contribution < -0.4 is 0 Å². The lowest BCUT2D eigenvalue weighted by Crippen LogP contribution is -2.15. The molecule has 5 nitrogen and oxygen atoms in total. The van der Waals surface area contributed by atoms with E-state index in [9.17, 15) is 26.7 Å². The van der Waals surface area contributed by atoms with E-state index in [4.69, 9.17) is 27.7 Å². The fourth-order valence-corrected chi connectivity index (χ4v) is 3.57. The number of alkyl halides is 3. The standard InChI is InChI=1S/C20H8Cl2F5N3O2/c21-10-4-3-6-12(24)14(10)16-15(19(22)31)17(32-29-16)9-8-28-30(18(9)20(25,26)27)13-7-2-1-5-11(13)23/h1-8H. The highest BCUT2D eigenvalue weighted by atomic mass is 35.5. The number of hydrogen-bond acceptors (Lipinski definition) is 4. The number of halogens is 7.